The molecule has 0 saturated heterocycles. The molecule has 0 spiro atoms. The number of rotatable bonds is 3. The summed E-state index contributed by atoms with van der Waals surface area (Å²) in [7, 11) is 1.38. The maximum absolute atomic E-state index is 11.9. The fourth-order valence-corrected chi connectivity index (χ4v) is 3.20. The van der Waals surface area contributed by atoms with Crippen LogP contribution < -0.4 is 0 Å². The zero-order valence-electron chi connectivity index (χ0n) is 10.9. The van der Waals surface area contributed by atoms with Crippen LogP contribution in [0.1, 0.15) is 21.7 Å². The van der Waals surface area contributed by atoms with Gasteiger partial charge in [-0.1, -0.05) is 35.5 Å². The van der Waals surface area contributed by atoms with Gasteiger partial charge in [0, 0.05) is 21.2 Å². The first kappa shape index (κ1) is 14.0. The number of aryl methyl sites for hydroxylation is 2. The van der Waals surface area contributed by atoms with Crippen LogP contribution in [-0.2, 0) is 4.74 Å². The molecule has 2 aromatic rings. The summed E-state index contributed by atoms with van der Waals surface area (Å²) in [4.78, 5) is 16.8. The van der Waals surface area contributed by atoms with Gasteiger partial charge >= 0.3 is 5.97 Å². The molecule has 0 aliphatic carbocycles. The Hall–Kier alpha value is -1.39. The molecule has 0 atom stereocenters. The molecule has 5 heteroatoms. The van der Waals surface area contributed by atoms with Crippen molar-refractivity contribution in [1.29, 1.82) is 0 Å². The van der Waals surface area contributed by atoms with E-state index in [4.69, 9.17) is 16.3 Å². The number of aromatic amines is 1. The highest BCUT2D eigenvalue weighted by Gasteiger charge is 2.21. The largest absolute Gasteiger partial charge is 0.465 e. The summed E-state index contributed by atoms with van der Waals surface area (Å²) >= 11 is 7.62. The number of hydrogen-bond acceptors (Lipinski definition) is 3. The minimum Gasteiger partial charge on any atom is -0.465 e. The fraction of sp³-hybridized carbons (Fsp3) is 0.214. The van der Waals surface area contributed by atoms with Gasteiger partial charge < -0.3 is 9.72 Å². The maximum atomic E-state index is 11.9. The normalized spacial score (nSPS) is 10.5. The molecular weight excluding hydrogens is 282 g/mol. The molecule has 1 N–H and O–H groups in total. The molecular formula is C14H14ClNO2S. The number of H-pyrrole nitrogens is 1. The smallest absolute Gasteiger partial charge is 0.340 e. The first-order valence-electron chi connectivity index (χ1n) is 5.74. The van der Waals surface area contributed by atoms with Crippen molar-refractivity contribution in [3.05, 3.63) is 46.2 Å². The summed E-state index contributed by atoms with van der Waals surface area (Å²) in [6.07, 6.45) is 0. The van der Waals surface area contributed by atoms with Gasteiger partial charge in [0.25, 0.3) is 0 Å². The van der Waals surface area contributed by atoms with E-state index in [2.05, 4.69) is 4.98 Å². The van der Waals surface area contributed by atoms with Crippen LogP contribution in [-0.4, -0.2) is 18.1 Å². The molecule has 100 valence electrons. The van der Waals surface area contributed by atoms with Crippen molar-refractivity contribution in [1.82, 2.24) is 4.98 Å². The lowest BCUT2D eigenvalue weighted by Gasteiger charge is -2.06. The minimum absolute atomic E-state index is 0.337. The number of esters is 1. The van der Waals surface area contributed by atoms with Crippen LogP contribution in [0.4, 0.5) is 0 Å². The Bertz CT molecular complexity index is 622. The van der Waals surface area contributed by atoms with Gasteiger partial charge in [0.1, 0.15) is 0 Å². The van der Waals surface area contributed by atoms with Crippen molar-refractivity contribution in [2.45, 2.75) is 23.6 Å². The number of methoxy groups -OCH3 is 1. The monoisotopic (exact) mass is 295 g/mol. The summed E-state index contributed by atoms with van der Waals surface area (Å²) in [5, 5.41) is 0.668. The molecule has 19 heavy (non-hydrogen) atoms. The van der Waals surface area contributed by atoms with Crippen molar-refractivity contribution < 1.29 is 9.53 Å². The zero-order chi connectivity index (χ0) is 14.0. The number of nitrogens with one attached hydrogen (secondary N) is 1. The van der Waals surface area contributed by atoms with E-state index in [1.54, 1.807) is 0 Å². The molecule has 0 radical (unpaired) electrons. The summed E-state index contributed by atoms with van der Waals surface area (Å²) in [6.45, 7) is 3.79. The molecule has 0 aliphatic heterocycles. The van der Waals surface area contributed by atoms with Crippen LogP contribution in [0.3, 0.4) is 0 Å². The first-order valence-corrected chi connectivity index (χ1v) is 6.94. The van der Waals surface area contributed by atoms with Crippen molar-refractivity contribution in [2.75, 3.05) is 7.11 Å². The maximum Gasteiger partial charge on any atom is 0.340 e. The van der Waals surface area contributed by atoms with Gasteiger partial charge in [-0.3, -0.25) is 0 Å². The summed E-state index contributed by atoms with van der Waals surface area (Å²) < 4.78 is 4.83. The summed E-state index contributed by atoms with van der Waals surface area (Å²) in [5.41, 5.74) is 2.31. The molecule has 0 fully saturated rings. The summed E-state index contributed by atoms with van der Waals surface area (Å²) in [6, 6.07) is 7.55. The van der Waals surface area contributed by atoms with E-state index in [-0.39, 0.29) is 5.97 Å². The van der Waals surface area contributed by atoms with E-state index in [1.165, 1.54) is 18.9 Å². The van der Waals surface area contributed by atoms with E-state index in [0.29, 0.717) is 10.6 Å². The van der Waals surface area contributed by atoms with Crippen molar-refractivity contribution >= 4 is 29.3 Å². The van der Waals surface area contributed by atoms with E-state index in [9.17, 15) is 4.79 Å². The van der Waals surface area contributed by atoms with Crippen LogP contribution in [0.2, 0.25) is 5.02 Å². The molecule has 0 saturated carbocycles. The van der Waals surface area contributed by atoms with Crippen molar-refractivity contribution in [3.8, 4) is 0 Å². The third kappa shape index (κ3) is 2.80. The number of hydrogen-bond donors (Lipinski definition) is 1. The lowest BCUT2D eigenvalue weighted by atomic mass is 10.2. The van der Waals surface area contributed by atoms with E-state index >= 15 is 0 Å². The van der Waals surface area contributed by atoms with Gasteiger partial charge in [-0.2, -0.15) is 0 Å². The molecule has 0 aliphatic rings. The third-order valence-electron chi connectivity index (χ3n) is 2.76. The van der Waals surface area contributed by atoms with E-state index < -0.39 is 0 Å². The quantitative estimate of drug-likeness (QED) is 0.862. The predicted octanol–water partition coefficient (Wildman–Crippen LogP) is 4.22. The Kier molecular flexibility index (Phi) is 4.22. The van der Waals surface area contributed by atoms with E-state index in [1.807, 2.05) is 38.1 Å². The number of aromatic nitrogens is 1. The number of carbonyl (C=O) groups is 1. The number of ether oxygens (including phenoxy) is 1. The number of carbonyl (C=O) groups excluding carboxylic acids is 1. The van der Waals surface area contributed by atoms with Crippen LogP contribution in [0.5, 0.6) is 0 Å². The Labute approximate surface area is 121 Å². The average Bonchev–Trinajstić information content (AvgIpc) is 2.66. The Morgan fingerprint density at radius 2 is 1.95 bits per heavy atom. The van der Waals surface area contributed by atoms with Crippen LogP contribution >= 0.6 is 23.4 Å². The predicted molar refractivity (Wildman–Crippen MR) is 77.2 cm³/mol. The zero-order valence-corrected chi connectivity index (χ0v) is 12.5. The summed E-state index contributed by atoms with van der Waals surface area (Å²) in [5.74, 6) is -0.337. The van der Waals surface area contributed by atoms with Crippen LogP contribution in [0.25, 0.3) is 0 Å². The van der Waals surface area contributed by atoms with Gasteiger partial charge in [0.2, 0.25) is 0 Å². The molecule has 1 aromatic heterocycles. The lowest BCUT2D eigenvalue weighted by molar-refractivity contribution is 0.0596. The number of benzene rings is 1. The third-order valence-corrected chi connectivity index (χ3v) is 4.49. The molecule has 0 bridgehead atoms. The topological polar surface area (TPSA) is 42.1 Å². The molecule has 2 rings (SSSR count). The second-order valence-corrected chi connectivity index (χ2v) is 5.56. The molecule has 3 nitrogen and oxygen atoms in total. The van der Waals surface area contributed by atoms with Crippen molar-refractivity contribution in [2.24, 2.45) is 0 Å². The first-order chi connectivity index (χ1) is 9.04. The highest BCUT2D eigenvalue weighted by molar-refractivity contribution is 7.99. The second kappa shape index (κ2) is 5.72. The SMILES string of the molecule is COC(=O)c1c(C)[nH]c(C)c1Sc1ccccc1Cl. The fourth-order valence-electron chi connectivity index (χ4n) is 1.87. The van der Waals surface area contributed by atoms with Gasteiger partial charge in [-0.25, -0.2) is 4.79 Å². The highest BCUT2D eigenvalue weighted by atomic mass is 35.5. The molecule has 0 amide bonds. The van der Waals surface area contributed by atoms with Crippen LogP contribution in [0.15, 0.2) is 34.1 Å². The van der Waals surface area contributed by atoms with Gasteiger partial charge in [-0.15, -0.1) is 0 Å². The van der Waals surface area contributed by atoms with Gasteiger partial charge in [0.05, 0.1) is 17.7 Å². The Balaban J connectivity index is 2.46. The number of halogens is 1. The standard InChI is InChI=1S/C14H14ClNO2S/c1-8-12(14(17)18-3)13(9(2)16-8)19-11-7-5-4-6-10(11)15/h4-7,16H,1-3H3. The molecule has 1 heterocycles. The molecule has 1 aromatic carbocycles. The highest BCUT2D eigenvalue weighted by Crippen LogP contribution is 2.38. The second-order valence-electron chi connectivity index (χ2n) is 4.10. The Morgan fingerprint density at radius 3 is 2.58 bits per heavy atom. The average molecular weight is 296 g/mol. The lowest BCUT2D eigenvalue weighted by Crippen LogP contribution is -2.03. The van der Waals surface area contributed by atoms with Gasteiger partial charge in [0.15, 0.2) is 0 Å². The molecule has 0 unspecified atom stereocenters. The van der Waals surface area contributed by atoms with Gasteiger partial charge in [-0.05, 0) is 26.0 Å². The van der Waals surface area contributed by atoms with Crippen LogP contribution in [0, 0.1) is 13.8 Å². The Morgan fingerprint density at radius 1 is 1.26 bits per heavy atom. The van der Waals surface area contributed by atoms with Crippen molar-refractivity contribution in [3.63, 3.8) is 0 Å². The van der Waals surface area contributed by atoms with E-state index in [0.717, 1.165) is 21.2 Å². The minimum atomic E-state index is -0.337.